The van der Waals surface area contributed by atoms with Crippen LogP contribution >= 0.6 is 0 Å². The van der Waals surface area contributed by atoms with Crippen LogP contribution in [0.15, 0.2) is 73.8 Å². The maximum atomic E-state index is 12.9. The van der Waals surface area contributed by atoms with Crippen molar-refractivity contribution in [2.75, 3.05) is 18.0 Å². The summed E-state index contributed by atoms with van der Waals surface area (Å²) in [4.78, 5) is 14.3. The molecule has 2 aromatic carbocycles. The van der Waals surface area contributed by atoms with Crippen LogP contribution in [0.4, 0.5) is 10.1 Å². The van der Waals surface area contributed by atoms with Gasteiger partial charge in [0.05, 0.1) is 0 Å². The van der Waals surface area contributed by atoms with Crippen molar-refractivity contribution in [3.63, 3.8) is 0 Å². The van der Waals surface area contributed by atoms with Gasteiger partial charge in [0, 0.05) is 24.3 Å². The number of benzene rings is 2. The fourth-order valence-electron chi connectivity index (χ4n) is 2.39. The van der Waals surface area contributed by atoms with Gasteiger partial charge in [0.15, 0.2) is 5.78 Å². The Balaban J connectivity index is 2.16. The van der Waals surface area contributed by atoms with Crippen molar-refractivity contribution >= 4 is 11.5 Å². The van der Waals surface area contributed by atoms with Crippen molar-refractivity contribution in [3.05, 3.63) is 90.8 Å². The monoisotopic (exact) mass is 325 g/mol. The standard InChI is InChI=1S/C20H20FNO2/c1-3-13-22(14-4-2)18-11-7-16(8-12-18)20(24)19(23)15-5-9-17(21)10-6-15/h3-12,20,24H,1-2,13-14H2. The van der Waals surface area contributed by atoms with E-state index in [0.717, 1.165) is 5.69 Å². The Morgan fingerprint density at radius 3 is 2.08 bits per heavy atom. The fourth-order valence-corrected chi connectivity index (χ4v) is 2.39. The average Bonchev–Trinajstić information content (AvgIpc) is 2.61. The van der Waals surface area contributed by atoms with Crippen LogP contribution in [-0.2, 0) is 0 Å². The number of rotatable bonds is 8. The Bertz CT molecular complexity index is 697. The van der Waals surface area contributed by atoms with Gasteiger partial charge in [-0.25, -0.2) is 4.39 Å². The van der Waals surface area contributed by atoms with Gasteiger partial charge in [-0.05, 0) is 42.0 Å². The molecule has 0 aromatic heterocycles. The predicted octanol–water partition coefficient (Wildman–Crippen LogP) is 3.92. The number of Topliss-reactive ketones (excluding diaryl/α,β-unsaturated/α-hetero) is 1. The second-order valence-electron chi connectivity index (χ2n) is 5.35. The van der Waals surface area contributed by atoms with E-state index in [1.54, 1.807) is 24.3 Å². The lowest BCUT2D eigenvalue weighted by atomic mass is 9.99. The highest BCUT2D eigenvalue weighted by atomic mass is 19.1. The SMILES string of the molecule is C=CCN(CC=C)c1ccc(C(O)C(=O)c2ccc(F)cc2)cc1. The van der Waals surface area contributed by atoms with Gasteiger partial charge in [-0.15, -0.1) is 13.2 Å². The molecule has 0 bridgehead atoms. The third kappa shape index (κ3) is 4.18. The second kappa shape index (κ2) is 8.22. The van der Waals surface area contributed by atoms with Crippen molar-refractivity contribution in [1.29, 1.82) is 0 Å². The van der Waals surface area contributed by atoms with Gasteiger partial charge in [0.1, 0.15) is 11.9 Å². The number of hydrogen-bond acceptors (Lipinski definition) is 3. The maximum Gasteiger partial charge on any atom is 0.195 e. The van der Waals surface area contributed by atoms with E-state index in [0.29, 0.717) is 18.7 Å². The number of carbonyl (C=O) groups excluding carboxylic acids is 1. The zero-order valence-electron chi connectivity index (χ0n) is 13.4. The molecule has 1 atom stereocenters. The summed E-state index contributed by atoms with van der Waals surface area (Å²) < 4.78 is 12.9. The van der Waals surface area contributed by atoms with E-state index in [4.69, 9.17) is 0 Å². The summed E-state index contributed by atoms with van der Waals surface area (Å²) >= 11 is 0. The van der Waals surface area contributed by atoms with Crippen molar-refractivity contribution in [3.8, 4) is 0 Å². The number of aliphatic hydroxyl groups excluding tert-OH is 1. The summed E-state index contributed by atoms with van der Waals surface area (Å²) in [6, 6.07) is 12.2. The Labute approximate surface area is 141 Å². The minimum Gasteiger partial charge on any atom is -0.380 e. The molecule has 2 rings (SSSR count). The van der Waals surface area contributed by atoms with Crippen LogP contribution in [0.25, 0.3) is 0 Å². The molecule has 3 nitrogen and oxygen atoms in total. The number of anilines is 1. The van der Waals surface area contributed by atoms with Crippen molar-refractivity contribution in [1.82, 2.24) is 0 Å². The van der Waals surface area contributed by atoms with Crippen molar-refractivity contribution in [2.45, 2.75) is 6.10 Å². The van der Waals surface area contributed by atoms with Crippen LogP contribution in [0, 0.1) is 5.82 Å². The minimum atomic E-state index is -1.28. The first-order chi connectivity index (χ1) is 11.6. The van der Waals surface area contributed by atoms with Gasteiger partial charge >= 0.3 is 0 Å². The highest BCUT2D eigenvalue weighted by Gasteiger charge is 2.19. The Morgan fingerprint density at radius 2 is 1.58 bits per heavy atom. The van der Waals surface area contributed by atoms with Crippen LogP contribution < -0.4 is 4.90 Å². The average molecular weight is 325 g/mol. The van der Waals surface area contributed by atoms with Gasteiger partial charge in [-0.3, -0.25) is 4.79 Å². The quantitative estimate of drug-likeness (QED) is 0.591. The summed E-state index contributed by atoms with van der Waals surface area (Å²) in [5.74, 6) is -0.883. The zero-order chi connectivity index (χ0) is 17.5. The summed E-state index contributed by atoms with van der Waals surface area (Å²) in [6.07, 6.45) is 2.31. The minimum absolute atomic E-state index is 0.271. The van der Waals surface area contributed by atoms with Crippen LogP contribution in [0.1, 0.15) is 22.0 Å². The van der Waals surface area contributed by atoms with E-state index in [1.165, 1.54) is 24.3 Å². The van der Waals surface area contributed by atoms with Crippen LogP contribution in [-0.4, -0.2) is 24.0 Å². The van der Waals surface area contributed by atoms with Gasteiger partial charge in [-0.1, -0.05) is 24.3 Å². The zero-order valence-corrected chi connectivity index (χ0v) is 13.4. The van der Waals surface area contributed by atoms with Crippen LogP contribution in [0.5, 0.6) is 0 Å². The fraction of sp³-hybridized carbons (Fsp3) is 0.150. The molecule has 0 aliphatic heterocycles. The molecule has 24 heavy (non-hydrogen) atoms. The number of halogens is 1. The first-order valence-corrected chi connectivity index (χ1v) is 7.61. The van der Waals surface area contributed by atoms with Gasteiger partial charge in [0.25, 0.3) is 0 Å². The molecule has 0 saturated carbocycles. The predicted molar refractivity (Wildman–Crippen MR) is 94.7 cm³/mol. The number of ketones is 1. The molecule has 1 unspecified atom stereocenters. The Morgan fingerprint density at radius 1 is 1.04 bits per heavy atom. The van der Waals surface area contributed by atoms with Gasteiger partial charge in [0.2, 0.25) is 0 Å². The van der Waals surface area contributed by atoms with E-state index in [2.05, 4.69) is 18.1 Å². The third-order valence-electron chi connectivity index (χ3n) is 3.65. The molecule has 0 amide bonds. The molecular weight excluding hydrogens is 305 g/mol. The summed E-state index contributed by atoms with van der Waals surface area (Å²) in [7, 11) is 0. The topological polar surface area (TPSA) is 40.5 Å². The molecule has 0 spiro atoms. The second-order valence-corrected chi connectivity index (χ2v) is 5.35. The highest BCUT2D eigenvalue weighted by Crippen LogP contribution is 2.22. The smallest absolute Gasteiger partial charge is 0.195 e. The van der Waals surface area contributed by atoms with E-state index >= 15 is 0 Å². The molecule has 4 heteroatoms. The summed E-state index contributed by atoms with van der Waals surface area (Å²) in [5.41, 5.74) is 1.71. The molecule has 124 valence electrons. The molecule has 1 N–H and O–H groups in total. The highest BCUT2D eigenvalue weighted by molar-refractivity contribution is 5.99. The normalized spacial score (nSPS) is 11.6. The molecule has 0 radical (unpaired) electrons. The summed E-state index contributed by atoms with van der Waals surface area (Å²) in [6.45, 7) is 8.80. The van der Waals surface area contributed by atoms with Crippen molar-refractivity contribution in [2.24, 2.45) is 0 Å². The van der Waals surface area contributed by atoms with Crippen LogP contribution in [0.3, 0.4) is 0 Å². The first kappa shape index (κ1) is 17.6. The van der Waals surface area contributed by atoms with Gasteiger partial charge in [-0.2, -0.15) is 0 Å². The molecule has 0 heterocycles. The molecule has 0 aliphatic carbocycles. The number of carbonyl (C=O) groups is 1. The number of aliphatic hydroxyl groups is 1. The largest absolute Gasteiger partial charge is 0.380 e. The Hall–Kier alpha value is -2.72. The first-order valence-electron chi connectivity index (χ1n) is 7.61. The lowest BCUT2D eigenvalue weighted by Crippen LogP contribution is -2.23. The van der Waals surface area contributed by atoms with Gasteiger partial charge < -0.3 is 10.0 Å². The van der Waals surface area contributed by atoms with E-state index in [1.807, 2.05) is 12.1 Å². The molecule has 2 aromatic rings. The lowest BCUT2D eigenvalue weighted by Gasteiger charge is -2.22. The van der Waals surface area contributed by atoms with Crippen molar-refractivity contribution < 1.29 is 14.3 Å². The third-order valence-corrected chi connectivity index (χ3v) is 3.65. The van der Waals surface area contributed by atoms with E-state index in [9.17, 15) is 14.3 Å². The molecule has 0 saturated heterocycles. The maximum absolute atomic E-state index is 12.9. The molecule has 0 aliphatic rings. The number of hydrogen-bond donors (Lipinski definition) is 1. The Kier molecular flexibility index (Phi) is 6.04. The summed E-state index contributed by atoms with van der Waals surface area (Å²) in [5, 5.41) is 10.3. The van der Waals surface area contributed by atoms with E-state index < -0.39 is 17.7 Å². The molecule has 0 fully saturated rings. The molecular formula is C20H20FNO2. The lowest BCUT2D eigenvalue weighted by molar-refractivity contribution is 0.0747. The van der Waals surface area contributed by atoms with E-state index in [-0.39, 0.29) is 5.56 Å². The van der Waals surface area contributed by atoms with Crippen LogP contribution in [0.2, 0.25) is 0 Å². The number of nitrogens with zero attached hydrogens (tertiary/aromatic N) is 1.